The fraction of sp³-hybridized carbons (Fsp3) is 0. The summed E-state index contributed by atoms with van der Waals surface area (Å²) < 4.78 is 4.00. The van der Waals surface area contributed by atoms with Crippen LogP contribution in [0.3, 0.4) is 0 Å². The summed E-state index contributed by atoms with van der Waals surface area (Å²) in [5.41, 5.74) is 0.992. The first-order chi connectivity index (χ1) is 13.0. The Balaban J connectivity index is 2.01. The van der Waals surface area contributed by atoms with E-state index in [1.54, 1.807) is 6.07 Å². The zero-order valence-corrected chi connectivity index (χ0v) is 15.6. The third-order valence-electron chi connectivity index (χ3n) is 3.30. The Morgan fingerprint density at radius 3 is 2.33 bits per heavy atom. The number of halogens is 1. The number of hydrogen-bond donors (Lipinski definition) is 0. The Kier molecular flexibility index (Phi) is 5.84. The van der Waals surface area contributed by atoms with Crippen LogP contribution < -0.4 is 0 Å². The molecule has 0 aromatic heterocycles. The molecule has 1 aliphatic heterocycles. The molecule has 0 radical (unpaired) electrons. The van der Waals surface area contributed by atoms with Gasteiger partial charge in [0.1, 0.15) is 5.70 Å². The van der Waals surface area contributed by atoms with E-state index in [9.17, 15) is 20.2 Å². The molecule has 0 aliphatic carbocycles. The predicted octanol–water partition coefficient (Wildman–Crippen LogP) is 5.90. The second-order valence-corrected chi connectivity index (χ2v) is 7.21. The van der Waals surface area contributed by atoms with Crippen molar-refractivity contribution in [3.8, 4) is 0 Å². The van der Waals surface area contributed by atoms with Crippen LogP contribution in [0.15, 0.2) is 68.1 Å². The summed E-state index contributed by atoms with van der Waals surface area (Å²) in [5, 5.41) is 30.2. The smallest absolute Gasteiger partial charge is 0.258 e. The lowest BCUT2D eigenvalue weighted by atomic mass is 10.1. The van der Waals surface area contributed by atoms with Crippen LogP contribution in [0.5, 0.6) is 0 Å². The maximum absolute atomic E-state index is 11.0. The Morgan fingerprint density at radius 2 is 1.74 bits per heavy atom. The highest BCUT2D eigenvalue weighted by Crippen LogP contribution is 2.45. The fourth-order valence-corrected chi connectivity index (χ4v) is 4.33. The van der Waals surface area contributed by atoms with E-state index in [2.05, 4.69) is 14.6 Å². The van der Waals surface area contributed by atoms with Gasteiger partial charge in [0.2, 0.25) is 0 Å². The molecule has 0 saturated carbocycles. The fourth-order valence-electron chi connectivity index (χ4n) is 2.05. The van der Waals surface area contributed by atoms with Gasteiger partial charge in [-0.2, -0.15) is 9.51 Å². The van der Waals surface area contributed by atoms with E-state index in [0.29, 0.717) is 21.9 Å². The van der Waals surface area contributed by atoms with Gasteiger partial charge in [0.05, 0.1) is 31.4 Å². The van der Waals surface area contributed by atoms with E-state index in [0.717, 1.165) is 11.0 Å². The van der Waals surface area contributed by atoms with Gasteiger partial charge in [-0.15, -0.1) is 5.11 Å². The normalized spacial score (nSPS) is 15.7. The molecular formula is C15H8ClN5O4S2. The number of azo groups is 1. The van der Waals surface area contributed by atoms with Crippen molar-refractivity contribution >= 4 is 61.3 Å². The number of hydrogen-bond acceptors (Lipinski definition) is 9. The average molecular weight is 422 g/mol. The minimum atomic E-state index is -0.514. The Bertz CT molecular complexity index is 1010. The molecule has 9 nitrogen and oxygen atoms in total. The van der Waals surface area contributed by atoms with Crippen molar-refractivity contribution in [3.05, 3.63) is 79.2 Å². The van der Waals surface area contributed by atoms with Crippen molar-refractivity contribution in [3.63, 3.8) is 0 Å². The molecule has 0 N–H and O–H groups in total. The molecule has 0 fully saturated rings. The number of nitro benzene ring substituents is 2. The number of rotatable bonds is 5. The molecule has 0 atom stereocenters. The van der Waals surface area contributed by atoms with Crippen molar-refractivity contribution < 1.29 is 9.85 Å². The molecule has 3 rings (SSSR count). The molecule has 12 heteroatoms. The molecule has 1 heterocycles. The standard InChI is InChI=1S/C15H8ClN5O4S2/c16-15-14(26-27-19-15)13(9-2-1-3-12(8-9)21(24)25)18-17-10-4-6-11(7-5-10)20(22)23/h1-8H/b14-13+,18-17?. The largest absolute Gasteiger partial charge is 0.270 e. The molecule has 1 aliphatic rings. The molecular weight excluding hydrogens is 414 g/mol. The number of nitro groups is 2. The van der Waals surface area contributed by atoms with Crippen LogP contribution in [0.1, 0.15) is 5.56 Å². The maximum Gasteiger partial charge on any atom is 0.270 e. The molecule has 27 heavy (non-hydrogen) atoms. The van der Waals surface area contributed by atoms with Gasteiger partial charge in [-0.05, 0) is 22.9 Å². The predicted molar refractivity (Wildman–Crippen MR) is 106 cm³/mol. The Hall–Kier alpha value is -2.76. The quantitative estimate of drug-likeness (QED) is 0.194. The van der Waals surface area contributed by atoms with Gasteiger partial charge in [0.15, 0.2) is 5.17 Å². The van der Waals surface area contributed by atoms with Crippen LogP contribution in [-0.2, 0) is 0 Å². The third-order valence-corrected chi connectivity index (χ3v) is 5.61. The van der Waals surface area contributed by atoms with Gasteiger partial charge in [0, 0.05) is 29.8 Å². The molecule has 2 aromatic rings. The van der Waals surface area contributed by atoms with Gasteiger partial charge < -0.3 is 0 Å². The molecule has 0 saturated heterocycles. The number of benzene rings is 2. The van der Waals surface area contributed by atoms with E-state index in [1.807, 2.05) is 0 Å². The zero-order chi connectivity index (χ0) is 19.4. The van der Waals surface area contributed by atoms with Gasteiger partial charge >= 0.3 is 0 Å². The highest BCUT2D eigenvalue weighted by atomic mass is 35.5. The number of allylic oxidation sites excluding steroid dienone is 1. The Morgan fingerprint density at radius 1 is 1.04 bits per heavy atom. The highest BCUT2D eigenvalue weighted by molar-refractivity contribution is 8.78. The first-order valence-electron chi connectivity index (χ1n) is 7.18. The lowest BCUT2D eigenvalue weighted by molar-refractivity contribution is -0.385. The zero-order valence-electron chi connectivity index (χ0n) is 13.2. The summed E-state index contributed by atoms with van der Waals surface area (Å²) in [5.74, 6) is 0. The highest BCUT2D eigenvalue weighted by Gasteiger charge is 2.21. The summed E-state index contributed by atoms with van der Waals surface area (Å²) in [6, 6.07) is 11.4. The maximum atomic E-state index is 11.0. The molecule has 0 unspecified atom stereocenters. The SMILES string of the molecule is O=[N+]([O-])c1ccc(N=N/C(=C2/SSN=C2Cl)c2cccc([N+](=O)[O-])c2)cc1. The van der Waals surface area contributed by atoms with Gasteiger partial charge in [0.25, 0.3) is 11.4 Å². The minimum absolute atomic E-state index is 0.0656. The van der Waals surface area contributed by atoms with Crippen LogP contribution >= 0.6 is 33.4 Å². The molecule has 0 bridgehead atoms. The summed E-state index contributed by atoms with van der Waals surface area (Å²) in [7, 11) is 2.41. The van der Waals surface area contributed by atoms with Crippen molar-refractivity contribution in [1.82, 2.24) is 0 Å². The van der Waals surface area contributed by atoms with E-state index < -0.39 is 9.85 Å². The van der Waals surface area contributed by atoms with E-state index in [4.69, 9.17) is 11.6 Å². The van der Waals surface area contributed by atoms with Crippen molar-refractivity contribution in [2.24, 2.45) is 14.6 Å². The van der Waals surface area contributed by atoms with Gasteiger partial charge in [-0.3, -0.25) is 20.2 Å². The first-order valence-corrected chi connectivity index (χ1v) is 9.67. The number of non-ortho nitro benzene ring substituents is 2. The van der Waals surface area contributed by atoms with Gasteiger partial charge in [-0.1, -0.05) is 23.7 Å². The first kappa shape index (κ1) is 19.0. The van der Waals surface area contributed by atoms with E-state index in [-0.39, 0.29) is 16.5 Å². The van der Waals surface area contributed by atoms with Crippen molar-refractivity contribution in [1.29, 1.82) is 0 Å². The van der Waals surface area contributed by atoms with Crippen molar-refractivity contribution in [2.45, 2.75) is 0 Å². The summed E-state index contributed by atoms with van der Waals surface area (Å²) >= 11 is 6.10. The summed E-state index contributed by atoms with van der Waals surface area (Å²) in [6.07, 6.45) is 0. The van der Waals surface area contributed by atoms with Crippen molar-refractivity contribution in [2.75, 3.05) is 0 Å². The minimum Gasteiger partial charge on any atom is -0.258 e. The molecule has 2 aromatic carbocycles. The number of nitrogens with zero attached hydrogens (tertiary/aromatic N) is 5. The van der Waals surface area contributed by atoms with Crippen LogP contribution in [0.4, 0.5) is 17.1 Å². The van der Waals surface area contributed by atoms with Crippen LogP contribution in [0.2, 0.25) is 0 Å². The van der Waals surface area contributed by atoms with E-state index in [1.165, 1.54) is 53.3 Å². The Labute approximate surface area is 165 Å². The second kappa shape index (κ2) is 8.29. The lowest BCUT2D eigenvalue weighted by Crippen LogP contribution is -1.93. The third kappa shape index (κ3) is 4.51. The van der Waals surface area contributed by atoms with Crippen LogP contribution in [0, 0.1) is 20.2 Å². The monoisotopic (exact) mass is 421 g/mol. The lowest BCUT2D eigenvalue weighted by Gasteiger charge is -2.05. The molecule has 0 amide bonds. The summed E-state index contributed by atoms with van der Waals surface area (Å²) in [4.78, 5) is 21.3. The molecule has 136 valence electrons. The molecule has 0 spiro atoms. The van der Waals surface area contributed by atoms with Gasteiger partial charge in [-0.25, -0.2) is 0 Å². The van der Waals surface area contributed by atoms with Crippen LogP contribution in [0.25, 0.3) is 5.70 Å². The second-order valence-electron chi connectivity index (χ2n) is 5.00. The topological polar surface area (TPSA) is 123 Å². The summed E-state index contributed by atoms with van der Waals surface area (Å²) in [6.45, 7) is 0. The van der Waals surface area contributed by atoms with E-state index >= 15 is 0 Å². The average Bonchev–Trinajstić information content (AvgIpc) is 3.08. The van der Waals surface area contributed by atoms with Crippen LogP contribution in [-0.4, -0.2) is 15.0 Å².